The molecule has 6 heteroatoms. The Bertz CT molecular complexity index is 390. The molecule has 0 saturated heterocycles. The second-order valence-corrected chi connectivity index (χ2v) is 3.06. The monoisotopic (exact) mass is 209 g/mol. The molecule has 1 N–H and O–H groups in total. The van der Waals surface area contributed by atoms with Gasteiger partial charge < -0.3 is 4.57 Å². The normalized spacial score (nSPS) is 12.4. The molecule has 0 fully saturated rings. The van der Waals surface area contributed by atoms with E-state index in [4.69, 9.17) is 5.41 Å². The molecule has 1 heterocycles. The summed E-state index contributed by atoms with van der Waals surface area (Å²) in [4.78, 5) is 3.64. The van der Waals surface area contributed by atoms with Gasteiger partial charge in [-0.05, 0) is 18.6 Å². The van der Waals surface area contributed by atoms with Crippen LogP contribution in [-0.2, 0) is 7.05 Å². The van der Waals surface area contributed by atoms with Crippen LogP contribution in [0, 0.1) is 5.41 Å². The van der Waals surface area contributed by atoms with Crippen LogP contribution in [0.4, 0.5) is 0 Å². The molecule has 0 aliphatic rings. The highest BCUT2D eigenvalue weighted by molar-refractivity contribution is 7.80. The maximum absolute atomic E-state index is 6.70. The second-order valence-electron chi connectivity index (χ2n) is 2.66. The molecule has 0 aromatic carbocycles. The van der Waals surface area contributed by atoms with Crippen molar-refractivity contribution in [2.24, 2.45) is 12.0 Å². The average molecular weight is 209 g/mol. The Morgan fingerprint density at radius 1 is 1.57 bits per heavy atom. The van der Waals surface area contributed by atoms with E-state index >= 15 is 0 Å². The smallest absolute Gasteiger partial charge is 0.188 e. The van der Waals surface area contributed by atoms with E-state index in [0.717, 1.165) is 17.7 Å². The predicted octanol–water partition coefficient (Wildman–Crippen LogP) is 1.18. The Hall–Kier alpha value is -1.43. The van der Waals surface area contributed by atoms with Crippen molar-refractivity contribution < 1.29 is 0 Å². The van der Waals surface area contributed by atoms with Crippen molar-refractivity contribution in [2.75, 3.05) is 0 Å². The lowest BCUT2D eigenvalue weighted by atomic mass is 10.3. The molecule has 0 atom stereocenters. The Morgan fingerprint density at radius 3 is 2.79 bits per heavy atom. The zero-order chi connectivity index (χ0) is 10.6. The molecule has 1 rings (SSSR count). The molecule has 0 aliphatic carbocycles. The third-order valence-electron chi connectivity index (χ3n) is 1.69. The van der Waals surface area contributed by atoms with Gasteiger partial charge in [0.1, 0.15) is 6.34 Å². The number of nitrogens with zero attached hydrogens (tertiary/aromatic N) is 4. The lowest BCUT2D eigenvalue weighted by Crippen LogP contribution is -1.95. The SMILES string of the molecule is C/C(=C\C=N/C=N)c1nnc(S)n1C. The van der Waals surface area contributed by atoms with Crippen LogP contribution in [0.3, 0.4) is 0 Å². The first-order valence-electron chi connectivity index (χ1n) is 3.94. The van der Waals surface area contributed by atoms with Crippen LogP contribution in [0.25, 0.3) is 5.57 Å². The molecular formula is C8H11N5S. The van der Waals surface area contributed by atoms with Crippen molar-refractivity contribution in [3.63, 3.8) is 0 Å². The predicted molar refractivity (Wildman–Crippen MR) is 59.2 cm³/mol. The van der Waals surface area contributed by atoms with Crippen LogP contribution in [0.2, 0.25) is 0 Å². The standard InChI is InChI=1S/C8H11N5S/c1-6(3-4-10-5-9)7-11-12-8(14)13(7)2/h3-5,9H,1-2H3,(H,12,14)/b6-3+,9-5?,10-4-. The first-order chi connectivity index (χ1) is 6.66. The maximum atomic E-state index is 6.70. The summed E-state index contributed by atoms with van der Waals surface area (Å²) in [6.45, 7) is 1.90. The molecule has 0 amide bonds. The van der Waals surface area contributed by atoms with Crippen LogP contribution in [0.15, 0.2) is 16.2 Å². The fraction of sp³-hybridized carbons (Fsp3) is 0.250. The lowest BCUT2D eigenvalue weighted by molar-refractivity contribution is 0.783. The fourth-order valence-electron chi connectivity index (χ4n) is 0.937. The van der Waals surface area contributed by atoms with Crippen LogP contribution in [0.1, 0.15) is 12.7 Å². The van der Waals surface area contributed by atoms with Gasteiger partial charge in [-0.3, -0.25) is 5.41 Å². The van der Waals surface area contributed by atoms with Crippen LogP contribution in [-0.4, -0.2) is 27.3 Å². The Kier molecular flexibility index (Phi) is 3.58. The van der Waals surface area contributed by atoms with Gasteiger partial charge in [-0.2, -0.15) is 0 Å². The minimum Gasteiger partial charge on any atom is -0.306 e. The minimum absolute atomic E-state index is 0.566. The Labute approximate surface area is 87.5 Å². The highest BCUT2D eigenvalue weighted by Gasteiger charge is 2.05. The van der Waals surface area contributed by atoms with E-state index in [1.807, 2.05) is 14.0 Å². The largest absolute Gasteiger partial charge is 0.306 e. The zero-order valence-electron chi connectivity index (χ0n) is 7.97. The summed E-state index contributed by atoms with van der Waals surface area (Å²) in [5.41, 5.74) is 0.922. The van der Waals surface area contributed by atoms with Gasteiger partial charge in [0.25, 0.3) is 0 Å². The number of hydrogen-bond donors (Lipinski definition) is 2. The van der Waals surface area contributed by atoms with Crippen molar-refractivity contribution in [3.8, 4) is 0 Å². The van der Waals surface area contributed by atoms with Gasteiger partial charge >= 0.3 is 0 Å². The van der Waals surface area contributed by atoms with Crippen LogP contribution < -0.4 is 0 Å². The number of aromatic nitrogens is 3. The van der Waals surface area contributed by atoms with E-state index in [1.165, 1.54) is 6.21 Å². The van der Waals surface area contributed by atoms with Gasteiger partial charge in [-0.1, -0.05) is 0 Å². The lowest BCUT2D eigenvalue weighted by Gasteiger charge is -1.98. The summed E-state index contributed by atoms with van der Waals surface area (Å²) < 4.78 is 1.77. The first kappa shape index (κ1) is 10.6. The molecule has 1 aromatic heterocycles. The number of nitrogens with one attached hydrogen (secondary N) is 1. The quantitative estimate of drug-likeness (QED) is 0.446. The summed E-state index contributed by atoms with van der Waals surface area (Å²) in [6.07, 6.45) is 4.28. The van der Waals surface area contributed by atoms with Gasteiger partial charge in [0, 0.05) is 13.3 Å². The summed E-state index contributed by atoms with van der Waals surface area (Å²) in [7, 11) is 1.84. The van der Waals surface area contributed by atoms with Crippen LogP contribution >= 0.6 is 12.6 Å². The Morgan fingerprint density at radius 2 is 2.29 bits per heavy atom. The van der Waals surface area contributed by atoms with Crippen molar-refractivity contribution in [3.05, 3.63) is 11.9 Å². The molecular weight excluding hydrogens is 198 g/mol. The first-order valence-corrected chi connectivity index (χ1v) is 4.39. The topological polar surface area (TPSA) is 66.9 Å². The van der Waals surface area contributed by atoms with Crippen molar-refractivity contribution in [2.45, 2.75) is 12.1 Å². The molecule has 0 spiro atoms. The number of hydrogen-bond acceptors (Lipinski definition) is 4. The van der Waals surface area contributed by atoms with Crippen molar-refractivity contribution >= 4 is 30.8 Å². The number of rotatable bonds is 3. The van der Waals surface area contributed by atoms with E-state index in [0.29, 0.717) is 5.16 Å². The Balaban J connectivity index is 2.94. The molecule has 0 saturated carbocycles. The number of thiol groups is 1. The summed E-state index contributed by atoms with van der Waals surface area (Å²) >= 11 is 4.11. The van der Waals surface area contributed by atoms with Gasteiger partial charge in [-0.25, -0.2) is 4.99 Å². The second kappa shape index (κ2) is 4.71. The highest BCUT2D eigenvalue weighted by Crippen LogP contribution is 2.12. The van der Waals surface area contributed by atoms with Crippen molar-refractivity contribution in [1.29, 1.82) is 5.41 Å². The third kappa shape index (κ3) is 2.29. The zero-order valence-corrected chi connectivity index (χ0v) is 8.86. The molecule has 0 unspecified atom stereocenters. The van der Waals surface area contributed by atoms with E-state index in [9.17, 15) is 0 Å². The van der Waals surface area contributed by atoms with Gasteiger partial charge in [0.2, 0.25) is 0 Å². The summed E-state index contributed by atoms with van der Waals surface area (Å²) in [5.74, 6) is 0.742. The summed E-state index contributed by atoms with van der Waals surface area (Å²) in [5, 5.41) is 15.0. The third-order valence-corrected chi connectivity index (χ3v) is 2.08. The maximum Gasteiger partial charge on any atom is 0.188 e. The average Bonchev–Trinajstić information content (AvgIpc) is 2.48. The molecule has 74 valence electrons. The number of aliphatic imine (C=N–C) groups is 1. The van der Waals surface area contributed by atoms with Crippen LogP contribution in [0.5, 0.6) is 0 Å². The van der Waals surface area contributed by atoms with Gasteiger partial charge in [-0.15, -0.1) is 22.8 Å². The molecule has 0 radical (unpaired) electrons. The number of allylic oxidation sites excluding steroid dienone is 2. The highest BCUT2D eigenvalue weighted by atomic mass is 32.1. The molecule has 0 aliphatic heterocycles. The van der Waals surface area contributed by atoms with E-state index in [-0.39, 0.29) is 0 Å². The van der Waals surface area contributed by atoms with Gasteiger partial charge in [0.15, 0.2) is 11.0 Å². The summed E-state index contributed by atoms with van der Waals surface area (Å²) in [6, 6.07) is 0. The van der Waals surface area contributed by atoms with Crippen molar-refractivity contribution in [1.82, 2.24) is 14.8 Å². The van der Waals surface area contributed by atoms with Gasteiger partial charge in [0.05, 0.1) is 0 Å². The van der Waals surface area contributed by atoms with E-state index < -0.39 is 0 Å². The van der Waals surface area contributed by atoms with E-state index in [1.54, 1.807) is 10.6 Å². The molecule has 0 bridgehead atoms. The fourth-order valence-corrected chi connectivity index (χ4v) is 1.08. The molecule has 5 nitrogen and oxygen atoms in total. The van der Waals surface area contributed by atoms with E-state index in [2.05, 4.69) is 27.8 Å². The molecule has 14 heavy (non-hydrogen) atoms. The molecule has 1 aromatic rings. The minimum atomic E-state index is 0.566.